The van der Waals surface area contributed by atoms with E-state index in [0.29, 0.717) is 11.6 Å². The van der Waals surface area contributed by atoms with Crippen LogP contribution in [0.5, 0.6) is 11.5 Å². The molecule has 3 heteroatoms. The topological polar surface area (TPSA) is 35.1 Å². The summed E-state index contributed by atoms with van der Waals surface area (Å²) in [6, 6.07) is 6.60. The molecule has 142 valence electrons. The summed E-state index contributed by atoms with van der Waals surface area (Å²) in [6.45, 7) is 1.08. The molecule has 4 bridgehead atoms. The standard InChI is InChI=1S/C23H33NO2/c1-25-22-11-16(6-7-21(22)26-20-4-2-3-5-20)15-24-23-12-17-8-18(13-23)10-19(9-17)14-23/h6-7,11,17-20,24H,2-5,8-10,12-15H2,1H3/p+1. The van der Waals surface area contributed by atoms with Gasteiger partial charge in [-0.15, -0.1) is 0 Å². The normalized spacial score (nSPS) is 35.8. The maximum absolute atomic E-state index is 6.20. The van der Waals surface area contributed by atoms with Crippen molar-refractivity contribution in [3.05, 3.63) is 23.8 Å². The van der Waals surface area contributed by atoms with E-state index in [1.54, 1.807) is 7.11 Å². The summed E-state index contributed by atoms with van der Waals surface area (Å²) in [7, 11) is 1.77. The average Bonchev–Trinajstić information content (AvgIpc) is 3.13. The highest BCUT2D eigenvalue weighted by Gasteiger charge is 2.53. The first kappa shape index (κ1) is 16.9. The van der Waals surface area contributed by atoms with Gasteiger partial charge in [0.15, 0.2) is 11.5 Å². The highest BCUT2D eigenvalue weighted by Crippen LogP contribution is 2.54. The molecule has 0 radical (unpaired) electrons. The Balaban J connectivity index is 1.25. The number of ether oxygens (including phenoxy) is 2. The van der Waals surface area contributed by atoms with Gasteiger partial charge in [0.05, 0.1) is 18.8 Å². The third-order valence-corrected chi connectivity index (χ3v) is 7.68. The van der Waals surface area contributed by atoms with Gasteiger partial charge in [0.25, 0.3) is 0 Å². The van der Waals surface area contributed by atoms with E-state index in [1.165, 1.54) is 69.8 Å². The van der Waals surface area contributed by atoms with E-state index in [4.69, 9.17) is 9.47 Å². The molecule has 3 nitrogen and oxygen atoms in total. The molecule has 0 aromatic heterocycles. The molecule has 26 heavy (non-hydrogen) atoms. The number of hydrogen-bond donors (Lipinski definition) is 1. The maximum Gasteiger partial charge on any atom is 0.161 e. The minimum absolute atomic E-state index is 0.383. The van der Waals surface area contributed by atoms with Crippen molar-refractivity contribution in [1.29, 1.82) is 0 Å². The lowest BCUT2D eigenvalue weighted by Crippen LogP contribution is -2.97. The highest BCUT2D eigenvalue weighted by atomic mass is 16.5. The van der Waals surface area contributed by atoms with Crippen LogP contribution in [0.15, 0.2) is 18.2 Å². The van der Waals surface area contributed by atoms with Gasteiger partial charge in [-0.3, -0.25) is 0 Å². The fourth-order valence-corrected chi connectivity index (χ4v) is 6.88. The number of hydrogen-bond acceptors (Lipinski definition) is 2. The predicted octanol–water partition coefficient (Wildman–Crippen LogP) is 4.05. The summed E-state index contributed by atoms with van der Waals surface area (Å²) < 4.78 is 11.8. The molecule has 0 amide bonds. The monoisotopic (exact) mass is 356 g/mol. The Morgan fingerprint density at radius 1 is 0.962 bits per heavy atom. The lowest BCUT2D eigenvalue weighted by Gasteiger charge is -2.54. The van der Waals surface area contributed by atoms with Crippen molar-refractivity contribution in [2.45, 2.75) is 82.4 Å². The summed E-state index contributed by atoms with van der Waals surface area (Å²) in [4.78, 5) is 0. The van der Waals surface area contributed by atoms with E-state index in [-0.39, 0.29) is 0 Å². The molecule has 6 rings (SSSR count). The summed E-state index contributed by atoms with van der Waals surface area (Å²) >= 11 is 0. The first-order valence-corrected chi connectivity index (χ1v) is 10.9. The molecule has 0 unspecified atom stereocenters. The van der Waals surface area contributed by atoms with Gasteiger partial charge in [0.2, 0.25) is 0 Å². The van der Waals surface area contributed by atoms with E-state index in [1.807, 2.05) is 0 Å². The summed E-state index contributed by atoms with van der Waals surface area (Å²) in [6.07, 6.45) is 14.3. The molecule has 5 fully saturated rings. The average molecular weight is 357 g/mol. The van der Waals surface area contributed by atoms with Crippen molar-refractivity contribution in [3.63, 3.8) is 0 Å². The molecular formula is C23H34NO2+. The summed E-state index contributed by atoms with van der Waals surface area (Å²) in [5.41, 5.74) is 1.91. The van der Waals surface area contributed by atoms with Crippen molar-refractivity contribution in [2.24, 2.45) is 17.8 Å². The number of quaternary nitrogens is 1. The minimum atomic E-state index is 0.383. The van der Waals surface area contributed by atoms with Crippen molar-refractivity contribution < 1.29 is 14.8 Å². The molecule has 0 spiro atoms. The number of rotatable bonds is 6. The van der Waals surface area contributed by atoms with Gasteiger partial charge in [-0.05, 0) is 80.9 Å². The number of benzene rings is 1. The van der Waals surface area contributed by atoms with Gasteiger partial charge >= 0.3 is 0 Å². The Labute approximate surface area is 157 Å². The van der Waals surface area contributed by atoms with Crippen LogP contribution in [0.2, 0.25) is 0 Å². The molecule has 5 aliphatic carbocycles. The predicted molar refractivity (Wildman–Crippen MR) is 102 cm³/mol. The van der Waals surface area contributed by atoms with Crippen LogP contribution in [-0.2, 0) is 6.54 Å². The smallest absolute Gasteiger partial charge is 0.161 e. The molecule has 5 aliphatic rings. The quantitative estimate of drug-likeness (QED) is 0.834. The molecule has 1 aromatic carbocycles. The number of nitrogens with two attached hydrogens (primary N) is 1. The fraction of sp³-hybridized carbons (Fsp3) is 0.739. The third-order valence-electron chi connectivity index (χ3n) is 7.68. The van der Waals surface area contributed by atoms with Crippen LogP contribution in [-0.4, -0.2) is 18.8 Å². The lowest BCUT2D eigenvalue weighted by molar-refractivity contribution is -0.752. The second-order valence-electron chi connectivity index (χ2n) is 9.70. The van der Waals surface area contributed by atoms with E-state index >= 15 is 0 Å². The Morgan fingerprint density at radius 3 is 2.23 bits per heavy atom. The third kappa shape index (κ3) is 3.24. The van der Waals surface area contributed by atoms with Crippen molar-refractivity contribution >= 4 is 0 Å². The zero-order chi connectivity index (χ0) is 17.6. The van der Waals surface area contributed by atoms with Gasteiger partial charge in [-0.25, -0.2) is 0 Å². The molecule has 0 aliphatic heterocycles. The number of methoxy groups -OCH3 is 1. The second kappa shape index (κ2) is 6.74. The summed E-state index contributed by atoms with van der Waals surface area (Å²) in [5.74, 6) is 4.91. The molecule has 1 aromatic rings. The van der Waals surface area contributed by atoms with Crippen LogP contribution in [0.4, 0.5) is 0 Å². The van der Waals surface area contributed by atoms with Gasteiger partial charge < -0.3 is 14.8 Å². The molecule has 5 saturated carbocycles. The van der Waals surface area contributed by atoms with Crippen molar-refractivity contribution in [3.8, 4) is 11.5 Å². The van der Waals surface area contributed by atoms with E-state index in [9.17, 15) is 0 Å². The first-order chi connectivity index (χ1) is 12.7. The largest absolute Gasteiger partial charge is 0.493 e. The molecular weight excluding hydrogens is 322 g/mol. The van der Waals surface area contributed by atoms with Crippen LogP contribution < -0.4 is 14.8 Å². The highest BCUT2D eigenvalue weighted by molar-refractivity contribution is 5.43. The van der Waals surface area contributed by atoms with Gasteiger partial charge in [0, 0.05) is 24.8 Å². The zero-order valence-electron chi connectivity index (χ0n) is 16.2. The van der Waals surface area contributed by atoms with E-state index < -0.39 is 0 Å². The molecule has 0 atom stereocenters. The minimum Gasteiger partial charge on any atom is -0.493 e. The van der Waals surface area contributed by atoms with Crippen molar-refractivity contribution in [2.75, 3.05) is 7.11 Å². The molecule has 0 saturated heterocycles. The van der Waals surface area contributed by atoms with Gasteiger partial charge in [-0.2, -0.15) is 0 Å². The van der Waals surface area contributed by atoms with Crippen LogP contribution in [0.1, 0.15) is 69.8 Å². The Morgan fingerprint density at radius 2 is 1.62 bits per heavy atom. The fourth-order valence-electron chi connectivity index (χ4n) is 6.88. The van der Waals surface area contributed by atoms with Crippen LogP contribution in [0.3, 0.4) is 0 Å². The molecule has 0 heterocycles. The van der Waals surface area contributed by atoms with E-state index in [2.05, 4.69) is 23.5 Å². The van der Waals surface area contributed by atoms with Crippen LogP contribution in [0, 0.1) is 17.8 Å². The van der Waals surface area contributed by atoms with Crippen LogP contribution >= 0.6 is 0 Å². The Bertz CT molecular complexity index is 614. The Hall–Kier alpha value is -1.22. The van der Waals surface area contributed by atoms with Gasteiger partial charge in [-0.1, -0.05) is 0 Å². The van der Waals surface area contributed by atoms with Crippen LogP contribution in [0.25, 0.3) is 0 Å². The second-order valence-corrected chi connectivity index (χ2v) is 9.70. The SMILES string of the molecule is COc1cc(C[NH2+]C23CC4CC(CC(C4)C2)C3)ccc1OC1CCCC1. The Kier molecular flexibility index (Phi) is 4.39. The van der Waals surface area contributed by atoms with Gasteiger partial charge in [0.1, 0.15) is 6.54 Å². The molecule has 2 N–H and O–H groups in total. The summed E-state index contributed by atoms with van der Waals surface area (Å²) in [5, 5.41) is 2.68. The lowest BCUT2D eigenvalue weighted by atomic mass is 9.53. The van der Waals surface area contributed by atoms with E-state index in [0.717, 1.165) is 35.8 Å². The maximum atomic E-state index is 6.20. The van der Waals surface area contributed by atoms with Crippen molar-refractivity contribution in [1.82, 2.24) is 0 Å². The first-order valence-electron chi connectivity index (χ1n) is 10.9. The zero-order valence-corrected chi connectivity index (χ0v) is 16.2.